The molecular weight excluding hydrogens is 456 g/mol. The van der Waals surface area contributed by atoms with E-state index in [1.807, 2.05) is 135 Å². The molecule has 4 rings (SSSR count). The van der Waals surface area contributed by atoms with Crippen LogP contribution in [-0.2, 0) is 0 Å². The minimum Gasteiger partial charge on any atom is -0.293 e. The standard InChI is InChI=1S/C33H30N2O2/c1-24(34-28-19-11-5-12-20-28)30(32(36)26-15-7-3-8-16-26)23-31(33(37)27-17-9-4-10-18-27)25(2)35-29-21-13-6-14-22-29/h3-22,30-31H,23H2,1-2H3. The zero-order chi connectivity index (χ0) is 26.0. The highest BCUT2D eigenvalue weighted by Gasteiger charge is 2.32. The van der Waals surface area contributed by atoms with Gasteiger partial charge in [0.05, 0.1) is 23.2 Å². The third kappa shape index (κ3) is 6.83. The number of ketones is 2. The molecule has 2 unspecified atom stereocenters. The van der Waals surface area contributed by atoms with Gasteiger partial charge in [-0.2, -0.15) is 0 Å². The van der Waals surface area contributed by atoms with Gasteiger partial charge in [-0.25, -0.2) is 0 Å². The molecule has 4 aromatic rings. The van der Waals surface area contributed by atoms with Gasteiger partial charge in [-0.3, -0.25) is 19.6 Å². The van der Waals surface area contributed by atoms with Gasteiger partial charge in [0, 0.05) is 22.6 Å². The van der Waals surface area contributed by atoms with E-state index in [-0.39, 0.29) is 18.0 Å². The summed E-state index contributed by atoms with van der Waals surface area (Å²) in [5.41, 5.74) is 4.06. The summed E-state index contributed by atoms with van der Waals surface area (Å²) in [5.74, 6) is -1.31. The normalized spacial score (nSPS) is 13.6. The molecular formula is C33H30N2O2. The molecule has 0 heterocycles. The van der Waals surface area contributed by atoms with Gasteiger partial charge in [-0.1, -0.05) is 97.1 Å². The fourth-order valence-electron chi connectivity index (χ4n) is 4.35. The van der Waals surface area contributed by atoms with Crippen LogP contribution in [-0.4, -0.2) is 23.0 Å². The zero-order valence-corrected chi connectivity index (χ0v) is 21.1. The molecule has 0 aliphatic heterocycles. The quantitative estimate of drug-likeness (QED) is 0.169. The van der Waals surface area contributed by atoms with Crippen molar-refractivity contribution in [3.8, 4) is 0 Å². The number of para-hydroxylation sites is 2. The van der Waals surface area contributed by atoms with Gasteiger partial charge in [0.15, 0.2) is 11.6 Å². The van der Waals surface area contributed by atoms with Crippen molar-refractivity contribution in [1.29, 1.82) is 0 Å². The van der Waals surface area contributed by atoms with Crippen molar-refractivity contribution in [1.82, 2.24) is 0 Å². The Morgan fingerprint density at radius 2 is 0.811 bits per heavy atom. The Morgan fingerprint density at radius 3 is 1.14 bits per heavy atom. The molecule has 0 bridgehead atoms. The Bertz CT molecular complexity index is 1270. The van der Waals surface area contributed by atoms with Crippen molar-refractivity contribution in [2.45, 2.75) is 20.3 Å². The average molecular weight is 487 g/mol. The van der Waals surface area contributed by atoms with Crippen LogP contribution in [0, 0.1) is 11.8 Å². The van der Waals surface area contributed by atoms with Gasteiger partial charge in [0.2, 0.25) is 0 Å². The Morgan fingerprint density at radius 1 is 0.514 bits per heavy atom. The molecule has 0 aliphatic carbocycles. The summed E-state index contributed by atoms with van der Waals surface area (Å²) in [7, 11) is 0. The number of rotatable bonds is 10. The first-order valence-corrected chi connectivity index (χ1v) is 12.4. The van der Waals surface area contributed by atoms with Crippen molar-refractivity contribution < 1.29 is 9.59 Å². The molecule has 0 N–H and O–H groups in total. The molecule has 2 atom stereocenters. The minimum atomic E-state index is -0.596. The van der Waals surface area contributed by atoms with Crippen LogP contribution >= 0.6 is 0 Å². The van der Waals surface area contributed by atoms with E-state index in [0.29, 0.717) is 22.6 Å². The lowest BCUT2D eigenvalue weighted by atomic mass is 9.80. The third-order valence-electron chi connectivity index (χ3n) is 6.35. The second-order valence-electron chi connectivity index (χ2n) is 8.98. The zero-order valence-electron chi connectivity index (χ0n) is 21.1. The van der Waals surface area contributed by atoms with Gasteiger partial charge >= 0.3 is 0 Å². The first-order chi connectivity index (χ1) is 18.0. The van der Waals surface area contributed by atoms with Gasteiger partial charge in [0.1, 0.15) is 0 Å². The molecule has 0 saturated carbocycles. The molecule has 4 heteroatoms. The fraction of sp³-hybridized carbons (Fsp3) is 0.152. The van der Waals surface area contributed by atoms with E-state index < -0.39 is 11.8 Å². The second kappa shape index (κ2) is 12.5. The maximum Gasteiger partial charge on any atom is 0.171 e. The molecule has 37 heavy (non-hydrogen) atoms. The second-order valence-corrected chi connectivity index (χ2v) is 8.98. The van der Waals surface area contributed by atoms with Gasteiger partial charge in [0.25, 0.3) is 0 Å². The summed E-state index contributed by atoms with van der Waals surface area (Å²) in [4.78, 5) is 37.2. The molecule has 0 amide bonds. The summed E-state index contributed by atoms with van der Waals surface area (Å²) in [6.07, 6.45) is 0.270. The van der Waals surface area contributed by atoms with Crippen LogP contribution in [0.1, 0.15) is 41.0 Å². The molecule has 0 fully saturated rings. The number of hydrogen-bond acceptors (Lipinski definition) is 4. The van der Waals surface area contributed by atoms with Gasteiger partial charge in [-0.15, -0.1) is 0 Å². The molecule has 4 nitrogen and oxygen atoms in total. The molecule has 184 valence electrons. The van der Waals surface area contributed by atoms with E-state index in [1.54, 1.807) is 0 Å². The van der Waals surface area contributed by atoms with Crippen LogP contribution in [0.5, 0.6) is 0 Å². The summed E-state index contributed by atoms with van der Waals surface area (Å²) < 4.78 is 0. The molecule has 0 radical (unpaired) electrons. The van der Waals surface area contributed by atoms with Crippen LogP contribution in [0.3, 0.4) is 0 Å². The van der Waals surface area contributed by atoms with Crippen molar-refractivity contribution in [2.24, 2.45) is 21.8 Å². The first-order valence-electron chi connectivity index (χ1n) is 12.4. The van der Waals surface area contributed by atoms with Crippen molar-refractivity contribution in [3.05, 3.63) is 132 Å². The van der Waals surface area contributed by atoms with Gasteiger partial charge < -0.3 is 0 Å². The lowest BCUT2D eigenvalue weighted by molar-refractivity contribution is 0.0910. The SMILES string of the molecule is CC(=Nc1ccccc1)C(CC(C(=O)c1ccccc1)C(C)=Nc1ccccc1)C(=O)c1ccccc1. The van der Waals surface area contributed by atoms with Crippen LogP contribution in [0.15, 0.2) is 131 Å². The summed E-state index contributed by atoms with van der Waals surface area (Å²) in [6.45, 7) is 3.73. The number of hydrogen-bond donors (Lipinski definition) is 0. The van der Waals surface area contributed by atoms with Crippen molar-refractivity contribution in [2.75, 3.05) is 0 Å². The average Bonchev–Trinajstić information content (AvgIpc) is 2.95. The highest BCUT2D eigenvalue weighted by atomic mass is 16.1. The summed E-state index contributed by atoms with van der Waals surface area (Å²) in [6, 6.07) is 37.5. The predicted octanol–water partition coefficient (Wildman–Crippen LogP) is 7.96. The molecule has 0 aliphatic rings. The van der Waals surface area contributed by atoms with Gasteiger partial charge in [-0.05, 0) is 44.5 Å². The number of carbonyl (C=O) groups excluding carboxylic acids is 2. The van der Waals surface area contributed by atoms with E-state index in [0.717, 1.165) is 11.4 Å². The molecule has 0 saturated heterocycles. The van der Waals surface area contributed by atoms with Crippen LogP contribution < -0.4 is 0 Å². The number of carbonyl (C=O) groups is 2. The topological polar surface area (TPSA) is 58.9 Å². The smallest absolute Gasteiger partial charge is 0.171 e. The molecule has 0 spiro atoms. The van der Waals surface area contributed by atoms with E-state index in [9.17, 15) is 9.59 Å². The maximum absolute atomic E-state index is 13.8. The Balaban J connectivity index is 1.77. The lowest BCUT2D eigenvalue weighted by Gasteiger charge is -2.23. The Hall–Kier alpha value is -4.44. The molecule has 4 aromatic carbocycles. The largest absolute Gasteiger partial charge is 0.293 e. The Kier molecular flexibility index (Phi) is 8.66. The minimum absolute atomic E-state index is 0.0591. The maximum atomic E-state index is 13.8. The number of aliphatic imine (C=N–C) groups is 2. The first kappa shape index (κ1) is 25.6. The monoisotopic (exact) mass is 486 g/mol. The number of nitrogens with zero attached hydrogens (tertiary/aromatic N) is 2. The Labute approximate surface area is 218 Å². The highest BCUT2D eigenvalue weighted by Crippen LogP contribution is 2.27. The number of benzene rings is 4. The summed E-state index contributed by atoms with van der Waals surface area (Å²) in [5, 5.41) is 0. The lowest BCUT2D eigenvalue weighted by Crippen LogP contribution is -2.31. The van der Waals surface area contributed by atoms with Crippen molar-refractivity contribution in [3.63, 3.8) is 0 Å². The van der Waals surface area contributed by atoms with Crippen LogP contribution in [0.25, 0.3) is 0 Å². The van der Waals surface area contributed by atoms with Crippen LogP contribution in [0.2, 0.25) is 0 Å². The third-order valence-corrected chi connectivity index (χ3v) is 6.35. The van der Waals surface area contributed by atoms with Crippen molar-refractivity contribution >= 4 is 34.4 Å². The number of Topliss-reactive ketones (excluding diaryl/α,β-unsaturated/α-hetero) is 2. The van der Waals surface area contributed by atoms with E-state index in [4.69, 9.17) is 9.98 Å². The van der Waals surface area contributed by atoms with E-state index in [1.165, 1.54) is 0 Å². The molecule has 0 aromatic heterocycles. The van der Waals surface area contributed by atoms with E-state index >= 15 is 0 Å². The van der Waals surface area contributed by atoms with Crippen LogP contribution in [0.4, 0.5) is 11.4 Å². The highest BCUT2D eigenvalue weighted by molar-refractivity contribution is 6.16. The fourth-order valence-corrected chi connectivity index (χ4v) is 4.35. The predicted molar refractivity (Wildman–Crippen MR) is 152 cm³/mol. The van der Waals surface area contributed by atoms with E-state index in [2.05, 4.69) is 0 Å². The summed E-state index contributed by atoms with van der Waals surface area (Å²) >= 11 is 0.